The molecular weight excluding hydrogens is 208 g/mol. The fourth-order valence-corrected chi connectivity index (χ4v) is 3.43. The molecule has 92 valence electrons. The molecule has 17 heavy (non-hydrogen) atoms. The number of rotatable bonds is 3. The van der Waals surface area contributed by atoms with E-state index in [4.69, 9.17) is 5.73 Å². The number of hydrogen-bond donors (Lipinski definition) is 1. The summed E-state index contributed by atoms with van der Waals surface area (Å²) in [7, 11) is 0. The average Bonchev–Trinajstić information content (AvgIpc) is 2.95. The lowest BCUT2D eigenvalue weighted by Crippen LogP contribution is -2.24. The third kappa shape index (κ3) is 2.13. The topological polar surface area (TPSA) is 29.3 Å². The molecule has 0 saturated heterocycles. The van der Waals surface area contributed by atoms with Crippen molar-refractivity contribution in [3.63, 3.8) is 0 Å². The second-order valence-corrected chi connectivity index (χ2v) is 5.53. The van der Waals surface area contributed by atoms with Gasteiger partial charge < -0.3 is 10.6 Å². The molecular formula is C15H22N2. The van der Waals surface area contributed by atoms with Gasteiger partial charge in [0.25, 0.3) is 0 Å². The van der Waals surface area contributed by atoms with Crippen LogP contribution in [0, 0.1) is 5.92 Å². The Kier molecular flexibility index (Phi) is 2.96. The second kappa shape index (κ2) is 4.59. The van der Waals surface area contributed by atoms with Crippen LogP contribution in [0.25, 0.3) is 0 Å². The minimum absolute atomic E-state index is 0.964. The molecule has 1 aromatic rings. The first-order chi connectivity index (χ1) is 8.34. The second-order valence-electron chi connectivity index (χ2n) is 5.53. The van der Waals surface area contributed by atoms with E-state index in [1.165, 1.54) is 56.3 Å². The minimum atomic E-state index is 0.964. The van der Waals surface area contributed by atoms with E-state index in [1.54, 1.807) is 0 Å². The molecule has 0 atom stereocenters. The van der Waals surface area contributed by atoms with Crippen LogP contribution in [-0.2, 0) is 6.42 Å². The molecule has 0 bridgehead atoms. The van der Waals surface area contributed by atoms with Gasteiger partial charge in [0.15, 0.2) is 0 Å². The molecule has 0 aromatic heterocycles. The summed E-state index contributed by atoms with van der Waals surface area (Å²) in [6.07, 6.45) is 8.32. The molecule has 0 amide bonds. The van der Waals surface area contributed by atoms with Crippen molar-refractivity contribution < 1.29 is 0 Å². The Morgan fingerprint density at radius 3 is 2.88 bits per heavy atom. The predicted octanol–water partition coefficient (Wildman–Crippen LogP) is 3.21. The van der Waals surface area contributed by atoms with Crippen molar-refractivity contribution in [2.75, 3.05) is 23.7 Å². The number of nitrogens with zero attached hydrogens (tertiary/aromatic N) is 1. The number of anilines is 2. The molecule has 0 unspecified atom stereocenters. The van der Waals surface area contributed by atoms with Crippen molar-refractivity contribution in [3.8, 4) is 0 Å². The number of nitrogen functional groups attached to an aromatic ring is 1. The maximum absolute atomic E-state index is 6.10. The van der Waals surface area contributed by atoms with E-state index >= 15 is 0 Å². The van der Waals surface area contributed by atoms with Gasteiger partial charge >= 0.3 is 0 Å². The Hall–Kier alpha value is -1.18. The van der Waals surface area contributed by atoms with E-state index in [9.17, 15) is 0 Å². The zero-order valence-electron chi connectivity index (χ0n) is 10.5. The van der Waals surface area contributed by atoms with E-state index in [0.717, 1.165) is 18.2 Å². The van der Waals surface area contributed by atoms with E-state index in [1.807, 2.05) is 6.07 Å². The van der Waals surface area contributed by atoms with Gasteiger partial charge in [-0.2, -0.15) is 0 Å². The van der Waals surface area contributed by atoms with Crippen LogP contribution in [0.15, 0.2) is 18.2 Å². The van der Waals surface area contributed by atoms with Gasteiger partial charge in [0.05, 0.1) is 11.4 Å². The smallest absolute Gasteiger partial charge is 0.0633 e. The summed E-state index contributed by atoms with van der Waals surface area (Å²) in [5.74, 6) is 0.976. The van der Waals surface area contributed by atoms with Crippen molar-refractivity contribution in [2.24, 2.45) is 5.92 Å². The van der Waals surface area contributed by atoms with Crippen LogP contribution >= 0.6 is 0 Å². The molecule has 1 aliphatic heterocycles. The molecule has 2 nitrogen and oxygen atoms in total. The van der Waals surface area contributed by atoms with Crippen LogP contribution in [0.2, 0.25) is 0 Å². The summed E-state index contributed by atoms with van der Waals surface area (Å²) >= 11 is 0. The van der Waals surface area contributed by atoms with Gasteiger partial charge in [-0.15, -0.1) is 0 Å². The van der Waals surface area contributed by atoms with Crippen LogP contribution in [0.5, 0.6) is 0 Å². The number of benzene rings is 1. The molecule has 1 saturated carbocycles. The summed E-state index contributed by atoms with van der Waals surface area (Å²) in [6, 6.07) is 6.34. The zero-order chi connectivity index (χ0) is 11.7. The molecule has 1 aromatic carbocycles. The zero-order valence-corrected chi connectivity index (χ0v) is 10.5. The molecule has 2 heteroatoms. The molecule has 2 aliphatic rings. The summed E-state index contributed by atoms with van der Waals surface area (Å²) in [4.78, 5) is 2.50. The van der Waals surface area contributed by atoms with E-state index in [-0.39, 0.29) is 0 Å². The van der Waals surface area contributed by atoms with E-state index < -0.39 is 0 Å². The highest BCUT2D eigenvalue weighted by atomic mass is 15.2. The van der Waals surface area contributed by atoms with E-state index in [0.29, 0.717) is 0 Å². The van der Waals surface area contributed by atoms with Gasteiger partial charge in [0.2, 0.25) is 0 Å². The first-order valence-electron chi connectivity index (χ1n) is 6.97. The number of para-hydroxylation sites is 1. The third-order valence-corrected chi connectivity index (χ3v) is 4.40. The van der Waals surface area contributed by atoms with Crippen LogP contribution in [0.1, 0.15) is 37.7 Å². The van der Waals surface area contributed by atoms with Crippen molar-refractivity contribution in [1.29, 1.82) is 0 Å². The highest BCUT2D eigenvalue weighted by molar-refractivity contribution is 5.74. The lowest BCUT2D eigenvalue weighted by molar-refractivity contribution is 0.502. The van der Waals surface area contributed by atoms with Crippen LogP contribution < -0.4 is 10.6 Å². The van der Waals surface area contributed by atoms with Crippen molar-refractivity contribution in [3.05, 3.63) is 23.8 Å². The summed E-state index contributed by atoms with van der Waals surface area (Å²) < 4.78 is 0. The molecule has 1 heterocycles. The SMILES string of the molecule is Nc1cccc2c1N(CCC1CCCC1)CC2. The molecule has 1 fully saturated rings. The van der Waals surface area contributed by atoms with Gasteiger partial charge in [-0.1, -0.05) is 37.8 Å². The van der Waals surface area contributed by atoms with Gasteiger partial charge in [-0.3, -0.25) is 0 Å². The summed E-state index contributed by atoms with van der Waals surface area (Å²) in [6.45, 7) is 2.36. The van der Waals surface area contributed by atoms with Gasteiger partial charge in [-0.25, -0.2) is 0 Å². The number of nitrogens with two attached hydrogens (primary N) is 1. The Labute approximate surface area is 104 Å². The van der Waals surface area contributed by atoms with Crippen LogP contribution in [0.3, 0.4) is 0 Å². The lowest BCUT2D eigenvalue weighted by Gasteiger charge is -2.22. The largest absolute Gasteiger partial charge is 0.397 e. The Balaban J connectivity index is 1.66. The molecule has 0 radical (unpaired) electrons. The highest BCUT2D eigenvalue weighted by Crippen LogP contribution is 2.35. The number of hydrogen-bond acceptors (Lipinski definition) is 2. The van der Waals surface area contributed by atoms with Gasteiger partial charge in [-0.05, 0) is 30.4 Å². The highest BCUT2D eigenvalue weighted by Gasteiger charge is 2.22. The van der Waals surface area contributed by atoms with Crippen molar-refractivity contribution in [1.82, 2.24) is 0 Å². The first kappa shape index (κ1) is 10.9. The van der Waals surface area contributed by atoms with Gasteiger partial charge in [0.1, 0.15) is 0 Å². The normalized spacial score (nSPS) is 19.9. The lowest BCUT2D eigenvalue weighted by atomic mass is 10.0. The standard InChI is InChI=1S/C15H22N2/c16-14-7-3-6-13-9-11-17(15(13)14)10-8-12-4-1-2-5-12/h3,6-7,12H,1-2,4-5,8-11,16H2. The molecule has 3 rings (SSSR count). The summed E-state index contributed by atoms with van der Waals surface area (Å²) in [5.41, 5.74) is 9.83. The fraction of sp³-hybridized carbons (Fsp3) is 0.600. The molecule has 2 N–H and O–H groups in total. The van der Waals surface area contributed by atoms with Gasteiger partial charge in [0, 0.05) is 13.1 Å². The van der Waals surface area contributed by atoms with Crippen molar-refractivity contribution in [2.45, 2.75) is 38.5 Å². The first-order valence-corrected chi connectivity index (χ1v) is 6.97. The van der Waals surface area contributed by atoms with E-state index in [2.05, 4.69) is 17.0 Å². The molecule has 1 aliphatic carbocycles. The maximum atomic E-state index is 6.10. The van der Waals surface area contributed by atoms with Crippen LogP contribution in [0.4, 0.5) is 11.4 Å². The monoisotopic (exact) mass is 230 g/mol. The maximum Gasteiger partial charge on any atom is 0.0633 e. The van der Waals surface area contributed by atoms with Crippen molar-refractivity contribution >= 4 is 11.4 Å². The fourth-order valence-electron chi connectivity index (χ4n) is 3.43. The predicted molar refractivity (Wildman–Crippen MR) is 73.3 cm³/mol. The van der Waals surface area contributed by atoms with Crippen LogP contribution in [-0.4, -0.2) is 13.1 Å². The third-order valence-electron chi connectivity index (χ3n) is 4.40. The Morgan fingerprint density at radius 2 is 2.06 bits per heavy atom. The Bertz CT molecular complexity index is 394. The minimum Gasteiger partial charge on any atom is -0.397 e. The number of fused-ring (bicyclic) bond motifs is 1. The quantitative estimate of drug-likeness (QED) is 0.808. The average molecular weight is 230 g/mol. The summed E-state index contributed by atoms with van der Waals surface area (Å²) in [5, 5.41) is 0. The molecule has 0 spiro atoms. The Morgan fingerprint density at radius 1 is 1.24 bits per heavy atom.